The van der Waals surface area contributed by atoms with E-state index in [4.69, 9.17) is 37.9 Å². The molecule has 0 saturated heterocycles. The Hall–Kier alpha value is -6.96. The highest BCUT2D eigenvalue weighted by molar-refractivity contribution is 5.87. The van der Waals surface area contributed by atoms with Gasteiger partial charge in [-0.3, -0.25) is 28.8 Å². The van der Waals surface area contributed by atoms with Crippen LogP contribution in [0, 0.1) is 0 Å². The SMILES string of the molecule is CC(=O)Oc1cc(/C=C/c2ccc3c(c2)O[C@H]2c4cc(OC(C)=O)c(OC(C)=O)cc4-c4c(OC(C)=O)cc(OC(C)=O)cc4[C@@H]2O3)cc(OC(C)=O)c1. The average Bonchev–Trinajstić information content (AvgIpc) is 3.05. The minimum Gasteiger partial charge on any atom is -0.478 e. The first-order valence-electron chi connectivity index (χ1n) is 16.4. The third-order valence-electron chi connectivity index (χ3n) is 7.77. The van der Waals surface area contributed by atoms with Gasteiger partial charge < -0.3 is 37.9 Å². The summed E-state index contributed by atoms with van der Waals surface area (Å²) in [5.41, 5.74) is 2.83. The van der Waals surface area contributed by atoms with E-state index in [0.29, 0.717) is 44.9 Å². The van der Waals surface area contributed by atoms with Crippen LogP contribution in [0.4, 0.5) is 0 Å². The molecule has 2 aliphatic rings. The van der Waals surface area contributed by atoms with Gasteiger partial charge in [0.1, 0.15) is 23.0 Å². The van der Waals surface area contributed by atoms with Crippen LogP contribution in [-0.2, 0) is 28.8 Å². The molecule has 0 bridgehead atoms. The molecule has 0 aromatic heterocycles. The van der Waals surface area contributed by atoms with Crippen LogP contribution in [0.25, 0.3) is 23.3 Å². The number of carbonyl (C=O) groups excluding carboxylic acids is 6. The Kier molecular flexibility index (Phi) is 10.2. The zero-order valence-corrected chi connectivity index (χ0v) is 29.8. The minimum atomic E-state index is -0.927. The number of benzene rings is 4. The molecule has 0 saturated carbocycles. The van der Waals surface area contributed by atoms with Crippen LogP contribution < -0.4 is 37.9 Å². The molecule has 276 valence electrons. The van der Waals surface area contributed by atoms with E-state index in [9.17, 15) is 28.8 Å². The van der Waals surface area contributed by atoms with Gasteiger partial charge in [-0.05, 0) is 59.2 Å². The van der Waals surface area contributed by atoms with Crippen molar-refractivity contribution in [3.63, 3.8) is 0 Å². The third-order valence-corrected chi connectivity index (χ3v) is 7.77. The largest absolute Gasteiger partial charge is 0.478 e. The van der Waals surface area contributed by atoms with Crippen molar-refractivity contribution in [3.8, 4) is 57.1 Å². The topological polar surface area (TPSA) is 176 Å². The Morgan fingerprint density at radius 2 is 0.944 bits per heavy atom. The molecule has 0 amide bonds. The summed E-state index contributed by atoms with van der Waals surface area (Å²) in [5, 5.41) is 0. The standard InChI is InChI=1S/C40H32O14/c1-19(41)47-27-11-26(12-28(14-27)48-20(2)42)8-7-25-9-10-33-34(13-25)54-39-31-18-36(51-23(5)45)35(50-22(4)44)17-30(31)38-32(40(39)53-33)15-29(49-21(3)43)16-37(38)52-24(6)46/h7-18,39-40H,1-6H3/b8-7+/t39-,40-/m0/s1. The van der Waals surface area contributed by atoms with Gasteiger partial charge >= 0.3 is 35.8 Å². The minimum absolute atomic E-state index is 0.0227. The first-order valence-corrected chi connectivity index (χ1v) is 16.4. The highest BCUT2D eigenvalue weighted by Crippen LogP contribution is 2.57. The van der Waals surface area contributed by atoms with E-state index in [0.717, 1.165) is 0 Å². The van der Waals surface area contributed by atoms with E-state index in [1.54, 1.807) is 48.6 Å². The van der Waals surface area contributed by atoms with Crippen molar-refractivity contribution in [2.75, 3.05) is 0 Å². The molecule has 1 aliphatic heterocycles. The zero-order valence-electron chi connectivity index (χ0n) is 29.8. The van der Waals surface area contributed by atoms with Crippen molar-refractivity contribution < 1.29 is 66.7 Å². The first kappa shape index (κ1) is 36.8. The van der Waals surface area contributed by atoms with Crippen molar-refractivity contribution in [3.05, 3.63) is 82.9 Å². The molecule has 6 rings (SSSR count). The molecule has 4 aromatic carbocycles. The van der Waals surface area contributed by atoms with E-state index in [1.807, 2.05) is 0 Å². The lowest BCUT2D eigenvalue weighted by atomic mass is 9.80. The molecule has 4 aromatic rings. The summed E-state index contributed by atoms with van der Waals surface area (Å²) in [6.45, 7) is 7.33. The smallest absolute Gasteiger partial charge is 0.308 e. The summed E-state index contributed by atoms with van der Waals surface area (Å²) in [6.07, 6.45) is 1.63. The summed E-state index contributed by atoms with van der Waals surface area (Å²) in [4.78, 5) is 71.8. The Balaban J connectivity index is 1.47. The maximum atomic E-state index is 12.3. The molecule has 1 heterocycles. The van der Waals surface area contributed by atoms with Crippen LogP contribution in [0.3, 0.4) is 0 Å². The van der Waals surface area contributed by atoms with Crippen LogP contribution in [0.5, 0.6) is 46.0 Å². The number of ether oxygens (including phenoxy) is 8. The maximum absolute atomic E-state index is 12.3. The molecule has 0 unspecified atom stereocenters. The van der Waals surface area contributed by atoms with Gasteiger partial charge in [-0.25, -0.2) is 0 Å². The summed E-state index contributed by atoms with van der Waals surface area (Å²) in [7, 11) is 0. The van der Waals surface area contributed by atoms with Crippen molar-refractivity contribution >= 4 is 48.0 Å². The summed E-state index contributed by atoms with van der Waals surface area (Å²) < 4.78 is 45.5. The Morgan fingerprint density at radius 1 is 0.463 bits per heavy atom. The van der Waals surface area contributed by atoms with Crippen molar-refractivity contribution in [2.45, 2.75) is 53.8 Å². The molecular formula is C40H32O14. The fourth-order valence-corrected chi connectivity index (χ4v) is 6.08. The summed E-state index contributed by atoms with van der Waals surface area (Å²) >= 11 is 0. The predicted octanol–water partition coefficient (Wildman–Crippen LogP) is 6.64. The van der Waals surface area contributed by atoms with Gasteiger partial charge in [-0.2, -0.15) is 0 Å². The van der Waals surface area contributed by atoms with E-state index < -0.39 is 48.0 Å². The third kappa shape index (κ3) is 8.23. The molecule has 0 N–H and O–H groups in total. The summed E-state index contributed by atoms with van der Waals surface area (Å²) in [6, 6.07) is 15.7. The number of hydrogen-bond acceptors (Lipinski definition) is 14. The second kappa shape index (κ2) is 14.9. The second-order valence-electron chi connectivity index (χ2n) is 12.2. The van der Waals surface area contributed by atoms with Gasteiger partial charge in [0.15, 0.2) is 35.2 Å². The molecule has 14 nitrogen and oxygen atoms in total. The molecule has 0 spiro atoms. The number of rotatable bonds is 8. The van der Waals surface area contributed by atoms with E-state index >= 15 is 0 Å². The van der Waals surface area contributed by atoms with Crippen LogP contribution in [-0.4, -0.2) is 35.8 Å². The highest BCUT2D eigenvalue weighted by atomic mass is 16.6. The Morgan fingerprint density at radius 3 is 1.52 bits per heavy atom. The molecule has 2 atom stereocenters. The van der Waals surface area contributed by atoms with Crippen molar-refractivity contribution in [2.24, 2.45) is 0 Å². The van der Waals surface area contributed by atoms with Gasteiger partial charge in [0.05, 0.1) is 0 Å². The summed E-state index contributed by atoms with van der Waals surface area (Å²) in [5.74, 6) is -2.75. The molecule has 14 heteroatoms. The van der Waals surface area contributed by atoms with Gasteiger partial charge in [0.2, 0.25) is 0 Å². The fraction of sp³-hybridized carbons (Fsp3) is 0.200. The first-order chi connectivity index (χ1) is 25.6. The number of hydrogen-bond donors (Lipinski definition) is 0. The average molecular weight is 737 g/mol. The molecule has 1 aliphatic carbocycles. The van der Waals surface area contributed by atoms with Crippen LogP contribution in [0.1, 0.15) is 76.0 Å². The lowest BCUT2D eigenvalue weighted by Gasteiger charge is -2.40. The van der Waals surface area contributed by atoms with Crippen LogP contribution in [0.15, 0.2) is 60.7 Å². The fourth-order valence-electron chi connectivity index (χ4n) is 6.08. The monoisotopic (exact) mass is 736 g/mol. The predicted molar refractivity (Wildman–Crippen MR) is 188 cm³/mol. The quantitative estimate of drug-likeness (QED) is 0.107. The van der Waals surface area contributed by atoms with Gasteiger partial charge in [0.25, 0.3) is 0 Å². The normalized spacial score (nSPS) is 14.8. The molecule has 54 heavy (non-hydrogen) atoms. The molecule has 0 fully saturated rings. The van der Waals surface area contributed by atoms with Gasteiger partial charge in [-0.1, -0.05) is 18.2 Å². The molecule has 0 radical (unpaired) electrons. The van der Waals surface area contributed by atoms with Gasteiger partial charge in [0, 0.05) is 70.4 Å². The highest BCUT2D eigenvalue weighted by Gasteiger charge is 2.44. The van der Waals surface area contributed by atoms with Crippen molar-refractivity contribution in [1.29, 1.82) is 0 Å². The lowest BCUT2D eigenvalue weighted by Crippen LogP contribution is -2.30. The molecular weight excluding hydrogens is 704 g/mol. The van der Waals surface area contributed by atoms with E-state index in [2.05, 4.69) is 0 Å². The van der Waals surface area contributed by atoms with Gasteiger partial charge in [-0.15, -0.1) is 0 Å². The van der Waals surface area contributed by atoms with E-state index in [1.165, 1.54) is 65.8 Å². The number of esters is 6. The zero-order chi connectivity index (χ0) is 38.8. The lowest BCUT2D eigenvalue weighted by molar-refractivity contribution is -0.134. The van der Waals surface area contributed by atoms with Crippen LogP contribution in [0.2, 0.25) is 0 Å². The Bertz CT molecular complexity index is 2250. The Labute approximate surface area is 308 Å². The van der Waals surface area contributed by atoms with Crippen LogP contribution >= 0.6 is 0 Å². The van der Waals surface area contributed by atoms with Crippen molar-refractivity contribution in [1.82, 2.24) is 0 Å². The number of fused-ring (bicyclic) bond motifs is 7. The number of carbonyl (C=O) groups is 6. The maximum Gasteiger partial charge on any atom is 0.308 e. The second-order valence-corrected chi connectivity index (χ2v) is 12.2. The van der Waals surface area contributed by atoms with E-state index in [-0.39, 0.29) is 34.5 Å².